The van der Waals surface area contributed by atoms with Gasteiger partial charge >= 0.3 is 0 Å². The van der Waals surface area contributed by atoms with E-state index in [0.717, 1.165) is 39.6 Å². The Morgan fingerprint density at radius 2 is 1.67 bits per heavy atom. The van der Waals surface area contributed by atoms with Gasteiger partial charge in [-0.05, 0) is 80.4 Å². The van der Waals surface area contributed by atoms with Crippen molar-refractivity contribution in [3.8, 4) is 0 Å². The average molecular weight is 373 g/mol. The van der Waals surface area contributed by atoms with Crippen LogP contribution < -0.4 is 0 Å². The van der Waals surface area contributed by atoms with E-state index in [0.29, 0.717) is 0 Å². The van der Waals surface area contributed by atoms with Gasteiger partial charge in [-0.25, -0.2) is 0 Å². The van der Waals surface area contributed by atoms with E-state index in [2.05, 4.69) is 60.2 Å². The topological polar surface area (TPSA) is 0 Å². The lowest BCUT2D eigenvalue weighted by Crippen LogP contribution is -2.26. The molecule has 1 saturated carbocycles. The first-order chi connectivity index (χ1) is 11.3. The molecule has 0 radical (unpaired) electrons. The van der Waals surface area contributed by atoms with Gasteiger partial charge in [-0.2, -0.15) is 11.8 Å². The molecule has 144 valence electrons. The zero-order valence-electron chi connectivity index (χ0n) is 17.6. The summed E-state index contributed by atoms with van der Waals surface area (Å²) in [5, 5.41) is 1.67. The van der Waals surface area contributed by atoms with E-state index in [9.17, 15) is 0 Å². The Hall–Kier alpha value is 0.780. The maximum atomic E-state index is 2.54. The minimum atomic E-state index is 0.831. The summed E-state index contributed by atoms with van der Waals surface area (Å²) in [4.78, 5) is 0. The lowest BCUT2D eigenvalue weighted by molar-refractivity contribution is 0.243. The quantitative estimate of drug-likeness (QED) is 0.331. The molecular weight excluding hydrogens is 327 g/mol. The van der Waals surface area contributed by atoms with E-state index in [1.54, 1.807) is 0 Å². The number of hydrogen-bond donors (Lipinski definition) is 0. The highest BCUT2D eigenvalue weighted by molar-refractivity contribution is 8.00. The molecule has 2 heteroatoms. The first kappa shape index (κ1) is 22.8. The average Bonchev–Trinajstić information content (AvgIpc) is 2.55. The molecule has 0 aromatic rings. The highest BCUT2D eigenvalue weighted by atomic mass is 32.2. The fraction of sp³-hybridized carbons (Fsp3) is 1.00. The third kappa shape index (κ3) is 8.93. The van der Waals surface area contributed by atoms with Crippen LogP contribution in [0.15, 0.2) is 0 Å². The number of hydrogen-bond acceptors (Lipinski definition) is 1. The summed E-state index contributed by atoms with van der Waals surface area (Å²) in [5.41, 5.74) is 2.00. The summed E-state index contributed by atoms with van der Waals surface area (Å²) in [7, 11) is 1.21. The van der Waals surface area contributed by atoms with Crippen LogP contribution in [0.5, 0.6) is 0 Å². The smallest absolute Gasteiger partial charge is 0.00214 e. The van der Waals surface area contributed by atoms with Crippen LogP contribution in [0.1, 0.15) is 99.8 Å². The Morgan fingerprint density at radius 3 is 2.25 bits per heavy atom. The summed E-state index contributed by atoms with van der Waals surface area (Å²) in [6, 6.07) is 0. The maximum Gasteiger partial charge on any atom is 0.00214 e. The Bertz CT molecular complexity index is 319. The zero-order chi connectivity index (χ0) is 18.1. The van der Waals surface area contributed by atoms with E-state index in [-0.39, 0.29) is 0 Å². The summed E-state index contributed by atoms with van der Waals surface area (Å²) in [5.74, 6) is 2.92. The van der Waals surface area contributed by atoms with Gasteiger partial charge in [-0.15, -0.1) is 8.58 Å². The molecule has 24 heavy (non-hydrogen) atoms. The van der Waals surface area contributed by atoms with Crippen LogP contribution in [0, 0.1) is 17.8 Å². The molecule has 0 saturated heterocycles. The lowest BCUT2D eigenvalue weighted by atomic mass is 9.77. The third-order valence-corrected chi connectivity index (χ3v) is 9.99. The van der Waals surface area contributed by atoms with E-state index in [1.165, 1.54) is 59.9 Å². The van der Waals surface area contributed by atoms with Gasteiger partial charge in [0.15, 0.2) is 0 Å². The van der Waals surface area contributed by atoms with E-state index >= 15 is 0 Å². The van der Waals surface area contributed by atoms with Crippen molar-refractivity contribution in [1.82, 2.24) is 0 Å². The number of rotatable bonds is 11. The van der Waals surface area contributed by atoms with E-state index < -0.39 is 0 Å². The minimum absolute atomic E-state index is 0.831. The fourth-order valence-electron chi connectivity index (χ4n) is 4.22. The highest BCUT2D eigenvalue weighted by Crippen LogP contribution is 2.44. The van der Waals surface area contributed by atoms with Gasteiger partial charge in [0.05, 0.1) is 0 Å². The van der Waals surface area contributed by atoms with Gasteiger partial charge in [0.2, 0.25) is 0 Å². The van der Waals surface area contributed by atoms with Crippen LogP contribution >= 0.6 is 20.3 Å². The standard InChI is InChI=1S/C22H45PS/c1-8-18(5)23-22-13-12-21(15-17(22)4)14-16(3)10-11-20(7)24-19(6)9-2/h16-23H,8-15H2,1-7H3. The molecule has 0 aliphatic heterocycles. The van der Waals surface area contributed by atoms with E-state index in [1.807, 2.05) is 0 Å². The summed E-state index contributed by atoms with van der Waals surface area (Å²) in [6.45, 7) is 17.0. The molecule has 8 unspecified atom stereocenters. The Labute approximate surface area is 159 Å². The summed E-state index contributed by atoms with van der Waals surface area (Å²) in [6.07, 6.45) is 11.6. The van der Waals surface area contributed by atoms with Crippen LogP contribution in [0.3, 0.4) is 0 Å². The number of thioether (sulfide) groups is 1. The van der Waals surface area contributed by atoms with Crippen molar-refractivity contribution in [1.29, 1.82) is 0 Å². The zero-order valence-corrected chi connectivity index (χ0v) is 19.4. The van der Waals surface area contributed by atoms with Crippen LogP contribution in [-0.4, -0.2) is 21.8 Å². The molecule has 0 aromatic heterocycles. The van der Waals surface area contributed by atoms with Crippen molar-refractivity contribution in [2.45, 2.75) is 122 Å². The van der Waals surface area contributed by atoms with Gasteiger partial charge in [0.1, 0.15) is 0 Å². The second-order valence-corrected chi connectivity index (χ2v) is 12.8. The second-order valence-electron chi connectivity index (χ2n) is 8.82. The molecule has 0 spiro atoms. The van der Waals surface area contributed by atoms with Crippen molar-refractivity contribution in [3.05, 3.63) is 0 Å². The first-order valence-electron chi connectivity index (χ1n) is 10.8. The van der Waals surface area contributed by atoms with Crippen LogP contribution in [0.4, 0.5) is 0 Å². The largest absolute Gasteiger partial charge is 0.156 e. The molecule has 8 atom stereocenters. The molecule has 0 amide bonds. The predicted molar refractivity (Wildman–Crippen MR) is 118 cm³/mol. The van der Waals surface area contributed by atoms with Crippen LogP contribution in [-0.2, 0) is 0 Å². The molecule has 1 aliphatic rings. The summed E-state index contributed by atoms with van der Waals surface area (Å²) < 4.78 is 0. The van der Waals surface area contributed by atoms with Crippen molar-refractivity contribution >= 4 is 20.3 Å². The minimum Gasteiger partial charge on any atom is -0.156 e. The molecule has 0 heterocycles. The molecule has 1 fully saturated rings. The third-order valence-electron chi connectivity index (χ3n) is 6.23. The second kappa shape index (κ2) is 12.2. The van der Waals surface area contributed by atoms with Gasteiger partial charge < -0.3 is 0 Å². The van der Waals surface area contributed by atoms with Crippen molar-refractivity contribution in [3.63, 3.8) is 0 Å². The lowest BCUT2D eigenvalue weighted by Gasteiger charge is -2.36. The van der Waals surface area contributed by atoms with Crippen LogP contribution in [0.2, 0.25) is 0 Å². The van der Waals surface area contributed by atoms with Gasteiger partial charge in [0.25, 0.3) is 0 Å². The monoisotopic (exact) mass is 372 g/mol. The Morgan fingerprint density at radius 1 is 0.958 bits per heavy atom. The SMILES string of the molecule is CCC(C)PC1CCC(CC(C)CCC(C)SC(C)CC)CC1C. The van der Waals surface area contributed by atoms with Gasteiger partial charge in [-0.1, -0.05) is 48.5 Å². The van der Waals surface area contributed by atoms with Gasteiger partial charge in [0, 0.05) is 10.5 Å². The Balaban J connectivity index is 2.25. The fourth-order valence-corrected chi connectivity index (χ4v) is 7.24. The highest BCUT2D eigenvalue weighted by Gasteiger charge is 2.29. The molecule has 1 rings (SSSR count). The van der Waals surface area contributed by atoms with Crippen molar-refractivity contribution in [2.24, 2.45) is 17.8 Å². The molecule has 0 bridgehead atoms. The maximum absolute atomic E-state index is 2.54. The molecule has 0 aromatic carbocycles. The molecule has 0 N–H and O–H groups in total. The summed E-state index contributed by atoms with van der Waals surface area (Å²) >= 11 is 2.20. The molecule has 0 nitrogen and oxygen atoms in total. The normalized spacial score (nSPS) is 30.4. The van der Waals surface area contributed by atoms with Crippen molar-refractivity contribution < 1.29 is 0 Å². The van der Waals surface area contributed by atoms with Crippen molar-refractivity contribution in [2.75, 3.05) is 0 Å². The Kier molecular flexibility index (Phi) is 11.6. The predicted octanol–water partition coefficient (Wildman–Crippen LogP) is 7.99. The van der Waals surface area contributed by atoms with Gasteiger partial charge in [-0.3, -0.25) is 0 Å². The van der Waals surface area contributed by atoms with E-state index in [4.69, 9.17) is 0 Å². The molecule has 1 aliphatic carbocycles. The van der Waals surface area contributed by atoms with Crippen LogP contribution in [0.25, 0.3) is 0 Å². The first-order valence-corrected chi connectivity index (χ1v) is 12.9. The molecular formula is C22H45PS.